The summed E-state index contributed by atoms with van der Waals surface area (Å²) in [6.45, 7) is 4.02. The van der Waals surface area contributed by atoms with E-state index in [1.165, 1.54) is 23.9 Å². The summed E-state index contributed by atoms with van der Waals surface area (Å²) < 4.78 is 0. The first kappa shape index (κ1) is 12.8. The van der Waals surface area contributed by atoms with Crippen LogP contribution in [0.5, 0.6) is 0 Å². The van der Waals surface area contributed by atoms with Crippen molar-refractivity contribution in [3.05, 3.63) is 35.2 Å². The van der Waals surface area contributed by atoms with Gasteiger partial charge in [-0.3, -0.25) is 5.10 Å². The van der Waals surface area contributed by atoms with Crippen LogP contribution in [0.15, 0.2) is 23.7 Å². The molecule has 3 aromatic heterocycles. The standard InChI is InChI=1S/C15H17N5S/c1-10-17-14(12-5-8-21-15(12)18-10)20-7-2-3-11(9-20)13-4-6-16-19-13/h4-6,8,11H,2-3,7,9H2,1H3,(H,16,19). The van der Waals surface area contributed by atoms with Crippen molar-refractivity contribution < 1.29 is 0 Å². The Morgan fingerprint density at radius 3 is 3.14 bits per heavy atom. The van der Waals surface area contributed by atoms with Crippen molar-refractivity contribution in [1.82, 2.24) is 20.2 Å². The van der Waals surface area contributed by atoms with Crippen LogP contribution in [0.4, 0.5) is 5.82 Å². The lowest BCUT2D eigenvalue weighted by molar-refractivity contribution is 0.498. The van der Waals surface area contributed by atoms with Crippen LogP contribution in [0.2, 0.25) is 0 Å². The molecule has 0 amide bonds. The number of fused-ring (bicyclic) bond motifs is 1. The van der Waals surface area contributed by atoms with Gasteiger partial charge in [-0.1, -0.05) is 0 Å². The first-order valence-corrected chi connectivity index (χ1v) is 8.15. The molecule has 1 saturated heterocycles. The maximum absolute atomic E-state index is 4.71. The lowest BCUT2D eigenvalue weighted by Crippen LogP contribution is -2.35. The zero-order valence-electron chi connectivity index (χ0n) is 11.9. The Balaban J connectivity index is 1.70. The van der Waals surface area contributed by atoms with E-state index in [0.717, 1.165) is 29.6 Å². The summed E-state index contributed by atoms with van der Waals surface area (Å²) in [5.74, 6) is 2.44. The summed E-state index contributed by atoms with van der Waals surface area (Å²) in [5, 5.41) is 10.5. The molecule has 5 nitrogen and oxygen atoms in total. The van der Waals surface area contributed by atoms with Crippen LogP contribution in [0, 0.1) is 6.92 Å². The van der Waals surface area contributed by atoms with Crippen LogP contribution < -0.4 is 4.90 Å². The van der Waals surface area contributed by atoms with Gasteiger partial charge in [-0.05, 0) is 37.3 Å². The van der Waals surface area contributed by atoms with E-state index < -0.39 is 0 Å². The average Bonchev–Trinajstić information content (AvgIpc) is 3.17. The molecule has 0 saturated carbocycles. The number of aryl methyl sites for hydroxylation is 1. The Morgan fingerprint density at radius 2 is 2.29 bits per heavy atom. The molecule has 1 aliphatic rings. The first-order valence-electron chi connectivity index (χ1n) is 7.27. The maximum Gasteiger partial charge on any atom is 0.141 e. The van der Waals surface area contributed by atoms with Crippen molar-refractivity contribution >= 4 is 27.4 Å². The first-order chi connectivity index (χ1) is 10.3. The van der Waals surface area contributed by atoms with Gasteiger partial charge in [-0.15, -0.1) is 11.3 Å². The number of thiophene rings is 1. The largest absolute Gasteiger partial charge is 0.355 e. The molecule has 4 heterocycles. The summed E-state index contributed by atoms with van der Waals surface area (Å²) >= 11 is 1.68. The zero-order valence-corrected chi connectivity index (χ0v) is 12.7. The smallest absolute Gasteiger partial charge is 0.141 e. The molecule has 108 valence electrons. The molecule has 0 radical (unpaired) electrons. The zero-order chi connectivity index (χ0) is 14.2. The molecular weight excluding hydrogens is 282 g/mol. The quantitative estimate of drug-likeness (QED) is 0.790. The molecule has 0 aliphatic carbocycles. The van der Waals surface area contributed by atoms with Crippen LogP contribution in [0.1, 0.15) is 30.3 Å². The lowest BCUT2D eigenvalue weighted by Gasteiger charge is -2.33. The number of hydrogen-bond donors (Lipinski definition) is 1. The molecule has 0 aromatic carbocycles. The predicted octanol–water partition coefficient (Wildman–Crippen LogP) is 3.11. The topological polar surface area (TPSA) is 57.7 Å². The van der Waals surface area contributed by atoms with Gasteiger partial charge >= 0.3 is 0 Å². The Hall–Kier alpha value is -1.95. The van der Waals surface area contributed by atoms with Crippen molar-refractivity contribution in [1.29, 1.82) is 0 Å². The van der Waals surface area contributed by atoms with E-state index in [1.807, 2.05) is 13.1 Å². The molecule has 1 unspecified atom stereocenters. The summed E-state index contributed by atoms with van der Waals surface area (Å²) in [4.78, 5) is 12.7. The highest BCUT2D eigenvalue weighted by molar-refractivity contribution is 7.16. The van der Waals surface area contributed by atoms with Gasteiger partial charge in [0.1, 0.15) is 16.5 Å². The van der Waals surface area contributed by atoms with E-state index in [4.69, 9.17) is 4.98 Å². The third-order valence-corrected chi connectivity index (χ3v) is 4.91. The molecule has 1 N–H and O–H groups in total. The van der Waals surface area contributed by atoms with Crippen LogP contribution in [-0.4, -0.2) is 33.3 Å². The monoisotopic (exact) mass is 299 g/mol. The minimum atomic E-state index is 0.505. The SMILES string of the molecule is Cc1nc(N2CCCC(c3ccn[nH]3)C2)c2ccsc2n1. The Kier molecular flexibility index (Phi) is 3.11. The Labute approximate surface area is 127 Å². The van der Waals surface area contributed by atoms with Gasteiger partial charge in [-0.25, -0.2) is 9.97 Å². The molecule has 1 aliphatic heterocycles. The second-order valence-electron chi connectivity index (χ2n) is 5.53. The van der Waals surface area contributed by atoms with Crippen molar-refractivity contribution in [2.24, 2.45) is 0 Å². The van der Waals surface area contributed by atoms with Gasteiger partial charge in [0, 0.05) is 30.9 Å². The van der Waals surface area contributed by atoms with E-state index in [-0.39, 0.29) is 0 Å². The molecule has 1 fully saturated rings. The number of H-pyrrole nitrogens is 1. The summed E-state index contributed by atoms with van der Waals surface area (Å²) in [5.41, 5.74) is 1.23. The van der Waals surface area contributed by atoms with Gasteiger partial charge in [0.05, 0.1) is 5.39 Å². The van der Waals surface area contributed by atoms with Crippen LogP contribution in [0.3, 0.4) is 0 Å². The van der Waals surface area contributed by atoms with E-state index >= 15 is 0 Å². The Bertz CT molecular complexity index is 749. The fourth-order valence-corrected chi connectivity index (χ4v) is 3.91. The number of anilines is 1. The third-order valence-electron chi connectivity index (χ3n) is 4.10. The number of piperidine rings is 1. The third kappa shape index (κ3) is 2.29. The lowest BCUT2D eigenvalue weighted by atomic mass is 9.95. The summed E-state index contributed by atoms with van der Waals surface area (Å²) in [6.07, 6.45) is 4.22. The molecule has 0 bridgehead atoms. The van der Waals surface area contributed by atoms with Gasteiger partial charge in [0.25, 0.3) is 0 Å². The van der Waals surface area contributed by atoms with Crippen molar-refractivity contribution in [3.8, 4) is 0 Å². The van der Waals surface area contributed by atoms with Crippen molar-refractivity contribution in [2.75, 3.05) is 18.0 Å². The normalized spacial score (nSPS) is 19.3. The number of hydrogen-bond acceptors (Lipinski definition) is 5. The number of nitrogens with one attached hydrogen (secondary N) is 1. The predicted molar refractivity (Wildman–Crippen MR) is 84.9 cm³/mol. The van der Waals surface area contributed by atoms with E-state index in [2.05, 4.69) is 37.6 Å². The highest BCUT2D eigenvalue weighted by atomic mass is 32.1. The second-order valence-corrected chi connectivity index (χ2v) is 6.43. The fourth-order valence-electron chi connectivity index (χ4n) is 3.10. The molecule has 21 heavy (non-hydrogen) atoms. The Morgan fingerprint density at radius 1 is 1.33 bits per heavy atom. The molecule has 6 heteroatoms. The van der Waals surface area contributed by atoms with Crippen LogP contribution in [-0.2, 0) is 0 Å². The van der Waals surface area contributed by atoms with Crippen LogP contribution in [0.25, 0.3) is 10.2 Å². The van der Waals surface area contributed by atoms with E-state index in [9.17, 15) is 0 Å². The van der Waals surface area contributed by atoms with Gasteiger partial charge < -0.3 is 4.90 Å². The van der Waals surface area contributed by atoms with Crippen molar-refractivity contribution in [2.45, 2.75) is 25.7 Å². The van der Waals surface area contributed by atoms with Gasteiger partial charge in [0.2, 0.25) is 0 Å². The minimum Gasteiger partial charge on any atom is -0.355 e. The summed E-state index contributed by atoms with van der Waals surface area (Å²) in [6, 6.07) is 4.22. The van der Waals surface area contributed by atoms with Gasteiger partial charge in [0.15, 0.2) is 0 Å². The molecular formula is C15H17N5S. The van der Waals surface area contributed by atoms with Gasteiger partial charge in [-0.2, -0.15) is 5.10 Å². The molecule has 0 spiro atoms. The fraction of sp³-hybridized carbons (Fsp3) is 0.400. The molecule has 1 atom stereocenters. The number of rotatable bonds is 2. The molecule has 3 aromatic rings. The minimum absolute atomic E-state index is 0.505. The number of aromatic amines is 1. The highest BCUT2D eigenvalue weighted by Crippen LogP contribution is 2.33. The van der Waals surface area contributed by atoms with Crippen molar-refractivity contribution in [3.63, 3.8) is 0 Å². The molecule has 4 rings (SSSR count). The maximum atomic E-state index is 4.71. The highest BCUT2D eigenvalue weighted by Gasteiger charge is 2.24. The van der Waals surface area contributed by atoms with Crippen LogP contribution >= 0.6 is 11.3 Å². The van der Waals surface area contributed by atoms with E-state index in [0.29, 0.717) is 5.92 Å². The average molecular weight is 299 g/mol. The number of aromatic nitrogens is 4. The number of nitrogens with zero attached hydrogens (tertiary/aromatic N) is 4. The summed E-state index contributed by atoms with van der Waals surface area (Å²) in [7, 11) is 0. The second kappa shape index (κ2) is 5.11. The van der Waals surface area contributed by atoms with E-state index in [1.54, 1.807) is 11.3 Å².